The molecule has 1 atom stereocenters. The molecule has 0 radical (unpaired) electrons. The van der Waals surface area contributed by atoms with E-state index in [1.165, 1.54) is 12.1 Å². The van der Waals surface area contributed by atoms with Crippen molar-refractivity contribution in [1.82, 2.24) is 5.32 Å². The maximum absolute atomic E-state index is 12.4. The average molecular weight is 357 g/mol. The van der Waals surface area contributed by atoms with Crippen molar-refractivity contribution in [3.63, 3.8) is 0 Å². The minimum Gasteiger partial charge on any atom is -0.382 e. The van der Waals surface area contributed by atoms with E-state index < -0.39 is 14.9 Å². The summed E-state index contributed by atoms with van der Waals surface area (Å²) in [5, 5.41) is 3.04. The van der Waals surface area contributed by atoms with Crippen LogP contribution in [0.25, 0.3) is 0 Å². The lowest BCUT2D eigenvalue weighted by atomic mass is 10.2. The maximum atomic E-state index is 12.4. The Balaban J connectivity index is 2.01. The number of aliphatic imine (C=N–C) groups is 1. The number of guanidine groups is 1. The van der Waals surface area contributed by atoms with Gasteiger partial charge in [-0.2, -0.15) is 8.42 Å². The number of hydroxylamine groups is 2. The Labute approximate surface area is 142 Å². The summed E-state index contributed by atoms with van der Waals surface area (Å²) < 4.78 is 34.7. The van der Waals surface area contributed by atoms with Crippen LogP contribution in [0.15, 0.2) is 34.2 Å². The molecular formula is C15H25N4O4S+. The second-order valence-electron chi connectivity index (χ2n) is 5.54. The van der Waals surface area contributed by atoms with Gasteiger partial charge in [0.25, 0.3) is 0 Å². The SMILES string of the molecule is CCOCCCNC1=NCC[N+]1(N)OS(=O)(=O)c1ccc(C)cc1. The molecule has 8 nitrogen and oxygen atoms in total. The molecule has 1 heterocycles. The summed E-state index contributed by atoms with van der Waals surface area (Å²) in [7, 11) is -3.99. The summed E-state index contributed by atoms with van der Waals surface area (Å²) in [5.74, 6) is 6.42. The van der Waals surface area contributed by atoms with E-state index in [9.17, 15) is 8.42 Å². The molecule has 3 N–H and O–H groups in total. The number of hydrogen-bond donors (Lipinski definition) is 2. The standard InChI is InChI=1S/C15H25N4O4S/c1-3-22-12-4-9-17-15-18-10-11-19(15,16)23-24(20,21)14-7-5-13(2)6-8-14/h5-8H,3-4,9-12,16H2,1-2H3,(H,17,18)/q+1. The van der Waals surface area contributed by atoms with Gasteiger partial charge < -0.3 is 10.1 Å². The highest BCUT2D eigenvalue weighted by Crippen LogP contribution is 2.19. The molecule has 1 aliphatic heterocycles. The molecule has 0 fully saturated rings. The van der Waals surface area contributed by atoms with Gasteiger partial charge in [0.1, 0.15) is 6.54 Å². The third kappa shape index (κ3) is 4.74. The fourth-order valence-electron chi connectivity index (χ4n) is 2.23. The first-order valence-electron chi connectivity index (χ1n) is 7.93. The number of benzene rings is 1. The van der Waals surface area contributed by atoms with E-state index in [0.29, 0.717) is 32.3 Å². The summed E-state index contributed by atoms with van der Waals surface area (Å²) in [6.07, 6.45) is 0.761. The van der Waals surface area contributed by atoms with Gasteiger partial charge in [-0.05, 0) is 41.4 Å². The lowest BCUT2D eigenvalue weighted by Gasteiger charge is -2.24. The number of aryl methyl sites for hydroxylation is 1. The van der Waals surface area contributed by atoms with Gasteiger partial charge in [0.05, 0.1) is 4.90 Å². The topological polar surface area (TPSA) is 103 Å². The summed E-state index contributed by atoms with van der Waals surface area (Å²) in [6.45, 7) is 6.31. The van der Waals surface area contributed by atoms with Crippen LogP contribution in [-0.4, -0.2) is 52.0 Å². The van der Waals surface area contributed by atoms with Crippen LogP contribution in [0.4, 0.5) is 0 Å². The maximum Gasteiger partial charge on any atom is 0.353 e. The lowest BCUT2D eigenvalue weighted by molar-refractivity contribution is -1.01. The van der Waals surface area contributed by atoms with Crippen molar-refractivity contribution in [2.24, 2.45) is 10.8 Å². The molecule has 0 aliphatic carbocycles. The Morgan fingerprint density at radius 1 is 1.33 bits per heavy atom. The zero-order chi connectivity index (χ0) is 17.6. The summed E-state index contributed by atoms with van der Waals surface area (Å²) in [5.41, 5.74) is 0.963. The predicted molar refractivity (Wildman–Crippen MR) is 90.2 cm³/mol. The number of quaternary nitrogens is 1. The minimum atomic E-state index is -3.99. The van der Waals surface area contributed by atoms with E-state index in [0.717, 1.165) is 12.0 Å². The van der Waals surface area contributed by atoms with Crippen molar-refractivity contribution in [2.75, 3.05) is 32.8 Å². The molecule has 1 aromatic rings. The zero-order valence-corrected chi connectivity index (χ0v) is 14.9. The summed E-state index contributed by atoms with van der Waals surface area (Å²) >= 11 is 0. The minimum absolute atomic E-state index is 0.0682. The second kappa shape index (κ2) is 8.04. The molecule has 24 heavy (non-hydrogen) atoms. The van der Waals surface area contributed by atoms with Crippen molar-refractivity contribution in [3.05, 3.63) is 29.8 Å². The molecule has 2 rings (SSSR count). The highest BCUT2D eigenvalue weighted by Gasteiger charge is 2.43. The highest BCUT2D eigenvalue weighted by molar-refractivity contribution is 7.86. The molecule has 0 saturated heterocycles. The number of ether oxygens (including phenoxy) is 1. The van der Waals surface area contributed by atoms with Gasteiger partial charge in [-0.3, -0.25) is 0 Å². The van der Waals surface area contributed by atoms with Crippen LogP contribution in [0.5, 0.6) is 0 Å². The van der Waals surface area contributed by atoms with E-state index in [-0.39, 0.29) is 11.4 Å². The Kier molecular flexibility index (Phi) is 6.30. The van der Waals surface area contributed by atoms with Gasteiger partial charge in [0.15, 0.2) is 6.54 Å². The van der Waals surface area contributed by atoms with Crippen molar-refractivity contribution < 1.29 is 22.2 Å². The average Bonchev–Trinajstić information content (AvgIpc) is 2.87. The molecule has 134 valence electrons. The Morgan fingerprint density at radius 3 is 2.71 bits per heavy atom. The van der Waals surface area contributed by atoms with Crippen molar-refractivity contribution in [3.8, 4) is 0 Å². The van der Waals surface area contributed by atoms with Crippen LogP contribution in [0.1, 0.15) is 18.9 Å². The normalized spacial score (nSPS) is 20.9. The molecule has 0 spiro atoms. The van der Waals surface area contributed by atoms with Crippen LogP contribution < -0.4 is 11.2 Å². The largest absolute Gasteiger partial charge is 0.382 e. The predicted octanol–water partition coefficient (Wildman–Crippen LogP) is 0.692. The van der Waals surface area contributed by atoms with Gasteiger partial charge in [0, 0.05) is 19.8 Å². The lowest BCUT2D eigenvalue weighted by Crippen LogP contribution is -2.61. The van der Waals surface area contributed by atoms with E-state index in [1.807, 2.05) is 13.8 Å². The summed E-state index contributed by atoms with van der Waals surface area (Å²) in [6, 6.07) is 6.42. The number of hydrogen-bond acceptors (Lipinski definition) is 7. The number of nitrogens with zero attached hydrogens (tertiary/aromatic N) is 2. The first-order valence-corrected chi connectivity index (χ1v) is 9.34. The van der Waals surface area contributed by atoms with Crippen LogP contribution in [0, 0.1) is 6.92 Å². The monoisotopic (exact) mass is 357 g/mol. The highest BCUT2D eigenvalue weighted by atomic mass is 32.2. The van der Waals surface area contributed by atoms with Gasteiger partial charge in [-0.15, -0.1) is 5.84 Å². The van der Waals surface area contributed by atoms with Crippen molar-refractivity contribution >= 4 is 16.1 Å². The van der Waals surface area contributed by atoms with E-state index in [2.05, 4.69) is 10.3 Å². The van der Waals surface area contributed by atoms with Crippen LogP contribution in [0.2, 0.25) is 0 Å². The quantitative estimate of drug-likeness (QED) is 0.403. The first kappa shape index (κ1) is 18.8. The molecule has 0 bridgehead atoms. The van der Waals surface area contributed by atoms with Crippen molar-refractivity contribution in [2.45, 2.75) is 25.2 Å². The van der Waals surface area contributed by atoms with E-state index >= 15 is 0 Å². The van der Waals surface area contributed by atoms with Crippen molar-refractivity contribution in [1.29, 1.82) is 0 Å². The third-order valence-corrected chi connectivity index (χ3v) is 4.86. The van der Waals surface area contributed by atoms with Crippen LogP contribution >= 0.6 is 0 Å². The van der Waals surface area contributed by atoms with Gasteiger partial charge in [-0.25, -0.2) is 4.99 Å². The fraction of sp³-hybridized carbons (Fsp3) is 0.533. The first-order chi connectivity index (χ1) is 11.4. The molecule has 0 aromatic heterocycles. The number of nitrogens with two attached hydrogens (primary N) is 1. The Hall–Kier alpha value is -1.52. The molecule has 1 aliphatic rings. The molecular weight excluding hydrogens is 332 g/mol. The van der Waals surface area contributed by atoms with Gasteiger partial charge >= 0.3 is 16.1 Å². The molecule has 1 unspecified atom stereocenters. The fourth-order valence-corrected chi connectivity index (χ4v) is 3.28. The van der Waals surface area contributed by atoms with Gasteiger partial charge in [0.2, 0.25) is 0 Å². The second-order valence-corrected chi connectivity index (χ2v) is 7.07. The smallest absolute Gasteiger partial charge is 0.353 e. The zero-order valence-electron chi connectivity index (χ0n) is 14.1. The number of rotatable bonds is 8. The summed E-state index contributed by atoms with van der Waals surface area (Å²) in [4.78, 5) is 4.29. The van der Waals surface area contributed by atoms with Gasteiger partial charge in [-0.1, -0.05) is 17.7 Å². The van der Waals surface area contributed by atoms with E-state index in [1.54, 1.807) is 12.1 Å². The van der Waals surface area contributed by atoms with Crippen LogP contribution in [-0.2, 0) is 19.1 Å². The third-order valence-electron chi connectivity index (χ3n) is 3.55. The molecule has 9 heteroatoms. The molecule has 0 amide bonds. The Morgan fingerprint density at radius 2 is 2.04 bits per heavy atom. The molecule has 0 saturated carbocycles. The molecule has 1 aromatic carbocycles. The Bertz CT molecular complexity index is 675. The number of nitrogens with one attached hydrogen (secondary N) is 1. The van der Waals surface area contributed by atoms with Crippen LogP contribution in [0.3, 0.4) is 0 Å². The van der Waals surface area contributed by atoms with E-state index in [4.69, 9.17) is 14.9 Å².